The van der Waals surface area contributed by atoms with Gasteiger partial charge in [0.1, 0.15) is 0 Å². The molecule has 10 atom stereocenters. The van der Waals surface area contributed by atoms with Crippen LogP contribution in [0.1, 0.15) is 111 Å². The second-order valence-corrected chi connectivity index (χ2v) is 16.5. The molecule has 5 aliphatic carbocycles. The van der Waals surface area contributed by atoms with E-state index >= 15 is 0 Å². The van der Waals surface area contributed by atoms with Gasteiger partial charge in [0.15, 0.2) is 0 Å². The molecule has 5 saturated carbocycles. The van der Waals surface area contributed by atoms with E-state index in [1.54, 1.807) is 0 Å². The molecule has 0 spiro atoms. The molecule has 0 aliphatic heterocycles. The number of aliphatic hydroxyl groups is 1. The van der Waals surface area contributed by atoms with Crippen molar-refractivity contribution in [2.24, 2.45) is 56.7 Å². The second-order valence-electron chi connectivity index (χ2n) is 16.5. The van der Waals surface area contributed by atoms with E-state index in [1.165, 1.54) is 31.3 Å². The van der Waals surface area contributed by atoms with E-state index in [-0.39, 0.29) is 33.2 Å². The van der Waals surface area contributed by atoms with Crippen molar-refractivity contribution >= 4 is 5.91 Å². The number of carbonyl (C=O) groups excluding carboxylic acids is 1. The Balaban J connectivity index is 1.30. The Kier molecular flexibility index (Phi) is 7.12. The minimum atomic E-state index is -0.265. The summed E-state index contributed by atoms with van der Waals surface area (Å²) in [4.78, 5) is 18.7. The predicted octanol–water partition coefficient (Wildman–Crippen LogP) is 7.76. The lowest BCUT2D eigenvalue weighted by molar-refractivity contribution is -0.246. The average molecular weight is 561 g/mol. The number of carbonyl (C=O) groups is 1. The van der Waals surface area contributed by atoms with Crippen molar-refractivity contribution < 1.29 is 9.90 Å². The van der Waals surface area contributed by atoms with Crippen LogP contribution >= 0.6 is 0 Å². The average Bonchev–Trinajstić information content (AvgIpc) is 3.33. The molecular weight excluding hydrogens is 504 g/mol. The van der Waals surface area contributed by atoms with E-state index in [0.717, 1.165) is 50.6 Å². The van der Waals surface area contributed by atoms with Crippen molar-refractivity contribution in [1.29, 1.82) is 0 Å². The van der Waals surface area contributed by atoms with Gasteiger partial charge >= 0.3 is 0 Å². The number of hydrogen-bond acceptors (Lipinski definition) is 3. The zero-order valence-electron chi connectivity index (χ0n) is 26.8. The van der Waals surface area contributed by atoms with Crippen LogP contribution in [0.4, 0.5) is 0 Å². The first-order valence-corrected chi connectivity index (χ1v) is 16.8. The molecule has 2 N–H and O–H groups in total. The summed E-state index contributed by atoms with van der Waals surface area (Å²) >= 11 is 0. The normalized spacial score (nSPS) is 46.4. The lowest BCUT2D eigenvalue weighted by Crippen LogP contribution is -2.67. The molecular formula is C37H56N2O2. The van der Waals surface area contributed by atoms with Crippen LogP contribution in [-0.4, -0.2) is 28.6 Å². The van der Waals surface area contributed by atoms with Crippen molar-refractivity contribution in [1.82, 2.24) is 10.3 Å². The van der Waals surface area contributed by atoms with E-state index in [4.69, 9.17) is 0 Å². The van der Waals surface area contributed by atoms with Gasteiger partial charge in [0.05, 0.1) is 11.5 Å². The van der Waals surface area contributed by atoms with Crippen LogP contribution in [0.5, 0.6) is 0 Å². The molecule has 41 heavy (non-hydrogen) atoms. The van der Waals surface area contributed by atoms with Gasteiger partial charge in [0.25, 0.3) is 0 Å². The number of amides is 1. The van der Waals surface area contributed by atoms with Crippen molar-refractivity contribution in [2.45, 2.75) is 118 Å². The van der Waals surface area contributed by atoms with E-state index < -0.39 is 0 Å². The molecule has 5 fully saturated rings. The Morgan fingerprint density at radius 3 is 2.44 bits per heavy atom. The fraction of sp³-hybridized carbons (Fsp3) is 0.784. The summed E-state index contributed by atoms with van der Waals surface area (Å²) in [5.74, 6) is 2.96. The summed E-state index contributed by atoms with van der Waals surface area (Å²) in [6.07, 6.45) is 13.8. The van der Waals surface area contributed by atoms with Crippen molar-refractivity contribution in [3.63, 3.8) is 0 Å². The van der Waals surface area contributed by atoms with Gasteiger partial charge in [-0.3, -0.25) is 9.78 Å². The number of pyridine rings is 1. The summed E-state index contributed by atoms with van der Waals surface area (Å²) in [6, 6.07) is 6.02. The molecule has 5 aliphatic rings. The zero-order chi connectivity index (χ0) is 29.4. The third-order valence-electron chi connectivity index (χ3n) is 14.9. The number of allylic oxidation sites excluding steroid dienone is 1. The van der Waals surface area contributed by atoms with Crippen LogP contribution in [0.15, 0.2) is 36.5 Å². The van der Waals surface area contributed by atoms with Gasteiger partial charge in [0, 0.05) is 24.9 Å². The number of aliphatic hydroxyl groups excluding tert-OH is 1. The van der Waals surface area contributed by atoms with Gasteiger partial charge in [-0.2, -0.15) is 0 Å². The Hall–Kier alpha value is -1.68. The fourth-order valence-corrected chi connectivity index (χ4v) is 12.5. The van der Waals surface area contributed by atoms with Crippen LogP contribution in [0.2, 0.25) is 0 Å². The molecule has 4 heteroatoms. The smallest absolute Gasteiger partial charge is 0.226 e. The molecule has 0 radical (unpaired) electrons. The van der Waals surface area contributed by atoms with Crippen LogP contribution < -0.4 is 5.32 Å². The third kappa shape index (κ3) is 4.08. The van der Waals surface area contributed by atoms with Gasteiger partial charge in [-0.25, -0.2) is 0 Å². The lowest BCUT2D eigenvalue weighted by atomic mass is 9.32. The van der Waals surface area contributed by atoms with E-state index in [0.29, 0.717) is 42.0 Å². The van der Waals surface area contributed by atoms with Crippen molar-refractivity contribution in [2.75, 3.05) is 6.54 Å². The Morgan fingerprint density at radius 2 is 1.73 bits per heavy atom. The molecule has 1 amide bonds. The van der Waals surface area contributed by atoms with Gasteiger partial charge in [0.2, 0.25) is 5.91 Å². The van der Waals surface area contributed by atoms with Gasteiger partial charge < -0.3 is 10.4 Å². The molecule has 0 bridgehead atoms. The maximum Gasteiger partial charge on any atom is 0.226 e. The Labute approximate surface area is 249 Å². The number of fused-ring (bicyclic) bond motifs is 7. The molecule has 226 valence electrons. The minimum absolute atomic E-state index is 0.0162. The standard InChI is InChI=1S/C37H56N2O2/c1-24(2)26-13-19-37(32(41)39-23-16-25-10-8-9-22-38-25)21-20-35(6)27(31(26)37)11-12-29-34(5)17-15-30(40)33(3,4)28(34)14-18-36(29,35)7/h8-10,22,26-31,40H,1,11-21,23H2,2-7H3,(H,39,41)/t26-,27+,28?,29?,30?,31?,34-,35+,36+,37-/m0/s1. The maximum absolute atomic E-state index is 14.3. The molecule has 6 rings (SSSR count). The summed E-state index contributed by atoms with van der Waals surface area (Å²) in [6.45, 7) is 20.0. The van der Waals surface area contributed by atoms with Crippen LogP contribution in [0, 0.1) is 56.7 Å². The first kappa shape index (κ1) is 29.4. The fourth-order valence-electron chi connectivity index (χ4n) is 12.5. The van der Waals surface area contributed by atoms with Crippen LogP contribution in [0.3, 0.4) is 0 Å². The highest BCUT2D eigenvalue weighted by atomic mass is 16.3. The quantitative estimate of drug-likeness (QED) is 0.362. The van der Waals surface area contributed by atoms with E-state index in [9.17, 15) is 9.90 Å². The molecule has 1 heterocycles. The summed E-state index contributed by atoms with van der Waals surface area (Å²) < 4.78 is 0. The van der Waals surface area contributed by atoms with Gasteiger partial charge in [-0.15, -0.1) is 0 Å². The van der Waals surface area contributed by atoms with E-state index in [2.05, 4.69) is 64.5 Å². The first-order chi connectivity index (χ1) is 19.3. The molecule has 1 aromatic heterocycles. The number of aromatic nitrogens is 1. The zero-order valence-corrected chi connectivity index (χ0v) is 26.8. The summed E-state index contributed by atoms with van der Waals surface area (Å²) in [7, 11) is 0. The van der Waals surface area contributed by atoms with Crippen LogP contribution in [-0.2, 0) is 11.2 Å². The monoisotopic (exact) mass is 560 g/mol. The lowest BCUT2D eigenvalue weighted by Gasteiger charge is -2.72. The number of nitrogens with one attached hydrogen (secondary N) is 1. The number of nitrogens with zero attached hydrogens (tertiary/aromatic N) is 1. The number of hydrogen-bond donors (Lipinski definition) is 2. The Bertz CT molecular complexity index is 1180. The highest BCUT2D eigenvalue weighted by Gasteiger charge is 2.71. The first-order valence-electron chi connectivity index (χ1n) is 16.8. The predicted molar refractivity (Wildman–Crippen MR) is 166 cm³/mol. The SMILES string of the molecule is C=C(C)[C@@H]1CC[C@]2(C(=O)NCCc3ccccn3)CC[C@]3(C)[C@H](CCC4[C@@]5(C)CCC(O)C(C)(C)C5CC[C@]43C)C12. The van der Waals surface area contributed by atoms with Gasteiger partial charge in [-0.05, 0) is 135 Å². The van der Waals surface area contributed by atoms with Crippen molar-refractivity contribution in [3.05, 3.63) is 42.2 Å². The largest absolute Gasteiger partial charge is 0.393 e. The highest BCUT2D eigenvalue weighted by molar-refractivity contribution is 5.84. The maximum atomic E-state index is 14.3. The van der Waals surface area contributed by atoms with E-state index in [1.807, 2.05) is 18.3 Å². The minimum Gasteiger partial charge on any atom is -0.393 e. The molecule has 0 saturated heterocycles. The third-order valence-corrected chi connectivity index (χ3v) is 14.9. The highest BCUT2D eigenvalue weighted by Crippen LogP contribution is 2.77. The second kappa shape index (κ2) is 9.93. The summed E-state index contributed by atoms with van der Waals surface area (Å²) in [5.41, 5.74) is 2.82. The summed E-state index contributed by atoms with van der Waals surface area (Å²) in [5, 5.41) is 14.5. The Morgan fingerprint density at radius 1 is 0.951 bits per heavy atom. The van der Waals surface area contributed by atoms with Gasteiger partial charge in [-0.1, -0.05) is 52.8 Å². The number of rotatable bonds is 5. The molecule has 0 aromatic carbocycles. The van der Waals surface area contributed by atoms with Crippen molar-refractivity contribution in [3.8, 4) is 0 Å². The van der Waals surface area contributed by atoms with Crippen LogP contribution in [0.25, 0.3) is 0 Å². The molecule has 4 nitrogen and oxygen atoms in total. The molecule has 4 unspecified atom stereocenters. The topological polar surface area (TPSA) is 62.2 Å². The molecule has 1 aromatic rings.